The fourth-order valence-corrected chi connectivity index (χ4v) is 5.32. The third-order valence-electron chi connectivity index (χ3n) is 7.75. The maximum atomic E-state index is 13.8. The van der Waals surface area contributed by atoms with Gasteiger partial charge < -0.3 is 9.64 Å². The molecule has 2 fully saturated rings. The van der Waals surface area contributed by atoms with E-state index in [4.69, 9.17) is 16.3 Å². The highest BCUT2D eigenvalue weighted by Crippen LogP contribution is 2.69. The number of nitrogens with zero attached hydrogens (tertiary/aromatic N) is 2. The van der Waals surface area contributed by atoms with Crippen molar-refractivity contribution in [1.29, 1.82) is 0 Å². The molecule has 1 saturated carbocycles. The van der Waals surface area contributed by atoms with Crippen LogP contribution < -0.4 is 9.64 Å². The summed E-state index contributed by atoms with van der Waals surface area (Å²) in [4.78, 5) is 43.1. The lowest BCUT2D eigenvalue weighted by molar-refractivity contribution is -0.141. The van der Waals surface area contributed by atoms with Crippen molar-refractivity contribution in [1.82, 2.24) is 4.90 Å². The van der Waals surface area contributed by atoms with E-state index in [9.17, 15) is 14.4 Å². The van der Waals surface area contributed by atoms with Crippen molar-refractivity contribution in [3.05, 3.63) is 59.1 Å². The minimum atomic E-state index is -0.880. The van der Waals surface area contributed by atoms with Gasteiger partial charge in [-0.2, -0.15) is 0 Å². The summed E-state index contributed by atoms with van der Waals surface area (Å²) in [6, 6.07) is 13.2. The second-order valence-corrected chi connectivity index (χ2v) is 10.6. The van der Waals surface area contributed by atoms with Gasteiger partial charge in [-0.05, 0) is 53.6 Å². The van der Waals surface area contributed by atoms with E-state index >= 15 is 0 Å². The number of carbonyl (C=O) groups excluding carboxylic acids is 3. The Bertz CT molecular complexity index is 1110. The van der Waals surface area contributed by atoms with E-state index < -0.39 is 11.9 Å². The van der Waals surface area contributed by atoms with Gasteiger partial charge in [0, 0.05) is 17.5 Å². The average molecular weight is 483 g/mol. The van der Waals surface area contributed by atoms with E-state index in [1.165, 1.54) is 4.90 Å². The van der Waals surface area contributed by atoms with Gasteiger partial charge in [0.1, 0.15) is 11.8 Å². The van der Waals surface area contributed by atoms with Crippen LogP contribution in [-0.4, -0.2) is 35.3 Å². The molecule has 1 atom stereocenters. The Labute approximate surface area is 205 Å². The summed E-state index contributed by atoms with van der Waals surface area (Å²) in [5.41, 5.74) is 0.804. The van der Waals surface area contributed by atoms with Crippen LogP contribution in [0, 0.1) is 16.7 Å². The molecule has 0 N–H and O–H groups in total. The smallest absolute Gasteiger partial charge is 0.257 e. The monoisotopic (exact) mass is 482 g/mol. The van der Waals surface area contributed by atoms with Crippen molar-refractivity contribution < 1.29 is 19.1 Å². The maximum absolute atomic E-state index is 13.8. The minimum Gasteiger partial charge on any atom is -0.494 e. The summed E-state index contributed by atoms with van der Waals surface area (Å²) in [5, 5.41) is 0.523. The zero-order valence-corrected chi connectivity index (χ0v) is 21.1. The molecule has 1 heterocycles. The van der Waals surface area contributed by atoms with Crippen LogP contribution in [0.15, 0.2) is 48.5 Å². The number of amides is 3. The number of ether oxygens (including phenoxy) is 1. The lowest BCUT2D eigenvalue weighted by Gasteiger charge is -2.29. The van der Waals surface area contributed by atoms with Crippen LogP contribution in [0.25, 0.3) is 0 Å². The molecule has 0 radical (unpaired) electrons. The number of benzene rings is 2. The van der Waals surface area contributed by atoms with Crippen LogP contribution in [0.2, 0.25) is 5.02 Å². The van der Waals surface area contributed by atoms with Crippen LogP contribution in [0.1, 0.15) is 46.6 Å². The molecule has 3 amide bonds. The van der Waals surface area contributed by atoms with Crippen molar-refractivity contribution >= 4 is 35.0 Å². The standard InChI is InChI=1S/C27H31ClN2O4/c1-6-34-19-13-11-18(12-14-19)30-22(31)15-21(24(30)32)29(16-17-9-7-8-10-20(17)28)25(33)23-26(2,3)27(23,4)5/h7-14,21,23H,6,15-16H2,1-5H3. The zero-order chi connectivity index (χ0) is 24.8. The predicted octanol–water partition coefficient (Wildman–Crippen LogP) is 5.08. The molecule has 6 nitrogen and oxygen atoms in total. The summed E-state index contributed by atoms with van der Waals surface area (Å²) in [7, 11) is 0. The molecule has 2 aromatic carbocycles. The van der Waals surface area contributed by atoms with E-state index in [0.717, 1.165) is 5.56 Å². The molecule has 1 aliphatic heterocycles. The van der Waals surface area contributed by atoms with Crippen LogP contribution in [0.4, 0.5) is 5.69 Å². The largest absolute Gasteiger partial charge is 0.494 e. The lowest BCUT2D eigenvalue weighted by Crippen LogP contribution is -2.46. The molecule has 2 aromatic rings. The molecule has 4 rings (SSSR count). The predicted molar refractivity (Wildman–Crippen MR) is 132 cm³/mol. The maximum Gasteiger partial charge on any atom is 0.257 e. The van der Waals surface area contributed by atoms with Crippen LogP contribution in [-0.2, 0) is 20.9 Å². The number of imide groups is 1. The van der Waals surface area contributed by atoms with Gasteiger partial charge in [0.15, 0.2) is 0 Å². The van der Waals surface area contributed by atoms with Crippen LogP contribution in [0.5, 0.6) is 5.75 Å². The third-order valence-corrected chi connectivity index (χ3v) is 8.12. The number of anilines is 1. The Balaban J connectivity index is 1.66. The molecular weight excluding hydrogens is 452 g/mol. The van der Waals surface area contributed by atoms with Crippen molar-refractivity contribution in [3.63, 3.8) is 0 Å². The fourth-order valence-electron chi connectivity index (χ4n) is 5.12. The highest BCUT2D eigenvalue weighted by Gasteiger charge is 2.69. The molecule has 2 aliphatic rings. The molecule has 180 valence electrons. The number of carbonyl (C=O) groups is 3. The second-order valence-electron chi connectivity index (χ2n) is 10.1. The number of halogens is 1. The summed E-state index contributed by atoms with van der Waals surface area (Å²) in [5.74, 6) is -0.425. The Morgan fingerprint density at radius 1 is 1.06 bits per heavy atom. The van der Waals surface area contributed by atoms with Crippen LogP contribution in [0.3, 0.4) is 0 Å². The van der Waals surface area contributed by atoms with E-state index in [0.29, 0.717) is 23.1 Å². The topological polar surface area (TPSA) is 66.9 Å². The minimum absolute atomic E-state index is 0.0597. The first kappa shape index (κ1) is 24.3. The number of hydrogen-bond acceptors (Lipinski definition) is 4. The fraction of sp³-hybridized carbons (Fsp3) is 0.444. The summed E-state index contributed by atoms with van der Waals surface area (Å²) in [6.45, 7) is 10.8. The molecule has 0 bridgehead atoms. The van der Waals surface area contributed by atoms with Gasteiger partial charge in [-0.1, -0.05) is 57.5 Å². The lowest BCUT2D eigenvalue weighted by atomic mass is 10.0. The average Bonchev–Trinajstić information content (AvgIpc) is 3.02. The molecule has 1 saturated heterocycles. The Hall–Kier alpha value is -2.86. The summed E-state index contributed by atoms with van der Waals surface area (Å²) >= 11 is 6.40. The highest BCUT2D eigenvalue weighted by atomic mass is 35.5. The van der Waals surface area contributed by atoms with E-state index in [1.54, 1.807) is 35.2 Å². The molecule has 1 aliphatic carbocycles. The number of rotatable bonds is 7. The van der Waals surface area contributed by atoms with E-state index in [-0.39, 0.29) is 41.5 Å². The number of hydrogen-bond donors (Lipinski definition) is 0. The quantitative estimate of drug-likeness (QED) is 0.516. The molecule has 1 unspecified atom stereocenters. The molecule has 7 heteroatoms. The molecule has 34 heavy (non-hydrogen) atoms. The van der Waals surface area contributed by atoms with Gasteiger partial charge >= 0.3 is 0 Å². The first-order chi connectivity index (χ1) is 16.0. The third kappa shape index (κ3) is 3.98. The molecular formula is C27H31ClN2O4. The van der Waals surface area contributed by atoms with Crippen molar-refractivity contribution in [2.75, 3.05) is 11.5 Å². The highest BCUT2D eigenvalue weighted by molar-refractivity contribution is 6.31. The van der Waals surface area contributed by atoms with Gasteiger partial charge in [-0.25, -0.2) is 4.90 Å². The van der Waals surface area contributed by atoms with Crippen molar-refractivity contribution in [2.45, 2.75) is 53.6 Å². The normalized spacial score (nSPS) is 21.0. The SMILES string of the molecule is CCOc1ccc(N2C(=O)CC(N(Cc3ccccc3Cl)C(=O)C3C(C)(C)C3(C)C)C2=O)cc1. The van der Waals surface area contributed by atoms with E-state index in [2.05, 4.69) is 27.7 Å². The zero-order valence-electron chi connectivity index (χ0n) is 20.3. The summed E-state index contributed by atoms with van der Waals surface area (Å²) < 4.78 is 5.46. The Morgan fingerprint density at radius 3 is 2.24 bits per heavy atom. The Morgan fingerprint density at radius 2 is 1.68 bits per heavy atom. The summed E-state index contributed by atoms with van der Waals surface area (Å²) in [6.07, 6.45) is -0.0597. The van der Waals surface area contributed by atoms with Crippen molar-refractivity contribution in [2.24, 2.45) is 16.7 Å². The van der Waals surface area contributed by atoms with Gasteiger partial charge in [0.05, 0.1) is 18.7 Å². The first-order valence-electron chi connectivity index (χ1n) is 11.6. The van der Waals surface area contributed by atoms with Gasteiger partial charge in [-0.15, -0.1) is 0 Å². The molecule has 0 spiro atoms. The van der Waals surface area contributed by atoms with Gasteiger partial charge in [0.2, 0.25) is 11.8 Å². The second kappa shape index (κ2) is 8.73. The van der Waals surface area contributed by atoms with E-state index in [1.807, 2.05) is 25.1 Å². The van der Waals surface area contributed by atoms with Gasteiger partial charge in [-0.3, -0.25) is 14.4 Å². The van der Waals surface area contributed by atoms with Crippen LogP contribution >= 0.6 is 11.6 Å². The van der Waals surface area contributed by atoms with Crippen molar-refractivity contribution in [3.8, 4) is 5.75 Å². The Kier molecular flexibility index (Phi) is 6.23. The first-order valence-corrected chi connectivity index (χ1v) is 12.0. The molecule has 0 aromatic heterocycles. The van der Waals surface area contributed by atoms with Gasteiger partial charge in [0.25, 0.3) is 5.91 Å².